The highest BCUT2D eigenvalue weighted by molar-refractivity contribution is 5.75. The monoisotopic (exact) mass is 286 g/mol. The van der Waals surface area contributed by atoms with Gasteiger partial charge in [-0.05, 0) is 25.7 Å². The molecule has 114 valence electrons. The molecular weight excluding hydrogens is 264 g/mol. The number of carboxylic acid groups (broad SMARTS) is 1. The zero-order valence-corrected chi connectivity index (χ0v) is 11.6. The molecule has 2 amide bonds. The first kappa shape index (κ1) is 15.1. The summed E-state index contributed by atoms with van der Waals surface area (Å²) in [6.07, 6.45) is 0.995. The molecule has 1 aliphatic heterocycles. The molecule has 2 fully saturated rings. The number of hydrogen-bond donors (Lipinski definition) is 4. The van der Waals surface area contributed by atoms with Gasteiger partial charge >= 0.3 is 12.0 Å². The second-order valence-electron chi connectivity index (χ2n) is 6.20. The van der Waals surface area contributed by atoms with Crippen LogP contribution in [0.3, 0.4) is 0 Å². The van der Waals surface area contributed by atoms with Crippen LogP contribution in [0.5, 0.6) is 0 Å². The summed E-state index contributed by atoms with van der Waals surface area (Å²) in [5, 5.41) is 30.8. The topological polar surface area (TPSA) is 110 Å². The number of aliphatic hydroxyl groups excluding tert-OH is 1. The van der Waals surface area contributed by atoms with Crippen LogP contribution < -0.4 is 5.32 Å². The quantitative estimate of drug-likeness (QED) is 0.563. The third-order valence-corrected chi connectivity index (χ3v) is 4.26. The number of urea groups is 1. The number of amides is 2. The highest BCUT2D eigenvalue weighted by Crippen LogP contribution is 2.37. The maximum atomic E-state index is 12.0. The van der Waals surface area contributed by atoms with E-state index in [4.69, 9.17) is 5.11 Å². The van der Waals surface area contributed by atoms with Crippen molar-refractivity contribution in [3.05, 3.63) is 0 Å². The highest BCUT2D eigenvalue weighted by Gasteiger charge is 2.43. The van der Waals surface area contributed by atoms with Crippen molar-refractivity contribution < 1.29 is 24.9 Å². The van der Waals surface area contributed by atoms with Crippen molar-refractivity contribution >= 4 is 12.0 Å². The molecule has 20 heavy (non-hydrogen) atoms. The van der Waals surface area contributed by atoms with Crippen molar-refractivity contribution in [1.82, 2.24) is 10.2 Å². The first-order chi connectivity index (χ1) is 9.28. The number of hydrogen-bond acceptors (Lipinski definition) is 4. The third-order valence-electron chi connectivity index (χ3n) is 4.26. The number of nitrogens with one attached hydrogen (secondary N) is 1. The minimum atomic E-state index is -1.46. The number of nitrogens with zero attached hydrogens (tertiary/aromatic N) is 1. The van der Waals surface area contributed by atoms with E-state index in [9.17, 15) is 19.8 Å². The van der Waals surface area contributed by atoms with Gasteiger partial charge in [0.05, 0.1) is 18.1 Å². The lowest BCUT2D eigenvalue weighted by Crippen LogP contribution is -2.47. The van der Waals surface area contributed by atoms with Gasteiger partial charge < -0.3 is 25.5 Å². The lowest BCUT2D eigenvalue weighted by molar-refractivity contribution is -0.141. The van der Waals surface area contributed by atoms with E-state index < -0.39 is 18.0 Å². The van der Waals surface area contributed by atoms with Crippen molar-refractivity contribution in [2.24, 2.45) is 11.8 Å². The molecule has 0 spiro atoms. The van der Waals surface area contributed by atoms with Gasteiger partial charge in [0.25, 0.3) is 0 Å². The van der Waals surface area contributed by atoms with Gasteiger partial charge in [-0.1, -0.05) is 0 Å². The number of aliphatic hydroxyl groups is 2. The van der Waals surface area contributed by atoms with E-state index in [2.05, 4.69) is 5.32 Å². The summed E-state index contributed by atoms with van der Waals surface area (Å²) in [7, 11) is 0. The van der Waals surface area contributed by atoms with Gasteiger partial charge in [0.1, 0.15) is 0 Å². The Labute approximate surface area is 117 Å². The smallest absolute Gasteiger partial charge is 0.317 e. The third kappa shape index (κ3) is 3.40. The molecule has 7 nitrogen and oxygen atoms in total. The minimum Gasteiger partial charge on any atom is -0.481 e. The standard InChI is InChI=1S/C13H22N2O5/c1-13(20,4-11(17)18)7-14-12(19)15-5-8-2-3-10(16)9(8)6-15/h8-10,16,20H,2-7H2,1H3,(H,14,19)(H,17,18). The zero-order valence-electron chi connectivity index (χ0n) is 11.6. The van der Waals surface area contributed by atoms with Crippen LogP contribution in [0, 0.1) is 11.8 Å². The Kier molecular flexibility index (Phi) is 4.19. The maximum absolute atomic E-state index is 12.0. The fraction of sp³-hybridized carbons (Fsp3) is 0.846. The summed E-state index contributed by atoms with van der Waals surface area (Å²) in [6, 6.07) is -0.308. The summed E-state index contributed by atoms with van der Waals surface area (Å²) in [5.41, 5.74) is -1.46. The van der Waals surface area contributed by atoms with Crippen LogP contribution in [0.15, 0.2) is 0 Å². The Bertz CT molecular complexity index is 398. The van der Waals surface area contributed by atoms with Gasteiger partial charge in [0, 0.05) is 25.6 Å². The van der Waals surface area contributed by atoms with E-state index in [0.29, 0.717) is 19.0 Å². The van der Waals surface area contributed by atoms with Crippen molar-refractivity contribution in [3.63, 3.8) is 0 Å². The molecule has 4 atom stereocenters. The van der Waals surface area contributed by atoms with Gasteiger partial charge in [-0.25, -0.2) is 4.79 Å². The van der Waals surface area contributed by atoms with E-state index in [0.717, 1.165) is 12.8 Å². The van der Waals surface area contributed by atoms with Crippen LogP contribution in [-0.4, -0.2) is 63.6 Å². The first-order valence-electron chi connectivity index (χ1n) is 6.93. The molecule has 1 heterocycles. The second-order valence-corrected chi connectivity index (χ2v) is 6.20. The van der Waals surface area contributed by atoms with Crippen LogP contribution in [0.1, 0.15) is 26.2 Å². The Hall–Kier alpha value is -1.34. The molecule has 4 unspecified atom stereocenters. The fourth-order valence-electron chi connectivity index (χ4n) is 3.17. The van der Waals surface area contributed by atoms with Crippen molar-refractivity contribution in [3.8, 4) is 0 Å². The van der Waals surface area contributed by atoms with E-state index in [-0.39, 0.29) is 24.6 Å². The highest BCUT2D eigenvalue weighted by atomic mass is 16.4. The van der Waals surface area contributed by atoms with Crippen LogP contribution >= 0.6 is 0 Å². The lowest BCUT2D eigenvalue weighted by Gasteiger charge is -2.24. The van der Waals surface area contributed by atoms with E-state index in [1.165, 1.54) is 6.92 Å². The maximum Gasteiger partial charge on any atom is 0.317 e. The number of rotatable bonds is 4. The lowest BCUT2D eigenvalue weighted by atomic mass is 10.00. The summed E-state index contributed by atoms with van der Waals surface area (Å²) < 4.78 is 0. The Morgan fingerprint density at radius 3 is 2.65 bits per heavy atom. The van der Waals surface area contributed by atoms with Crippen molar-refractivity contribution in [2.45, 2.75) is 37.9 Å². The van der Waals surface area contributed by atoms with Gasteiger partial charge in [-0.2, -0.15) is 0 Å². The SMILES string of the molecule is CC(O)(CNC(=O)N1CC2CCC(O)C2C1)CC(=O)O. The molecule has 2 rings (SSSR count). The summed E-state index contributed by atoms with van der Waals surface area (Å²) in [4.78, 5) is 24.2. The number of likely N-dealkylation sites (tertiary alicyclic amines) is 1. The fourth-order valence-corrected chi connectivity index (χ4v) is 3.17. The molecule has 1 aliphatic carbocycles. The predicted molar refractivity (Wildman–Crippen MR) is 70.1 cm³/mol. The molecule has 1 saturated heterocycles. The van der Waals surface area contributed by atoms with E-state index in [1.54, 1.807) is 4.90 Å². The predicted octanol–water partition coefficient (Wildman–Crippen LogP) is -0.376. The van der Waals surface area contributed by atoms with Crippen LogP contribution in [-0.2, 0) is 4.79 Å². The average Bonchev–Trinajstić information content (AvgIpc) is 2.87. The number of carbonyl (C=O) groups excluding carboxylic acids is 1. The number of carboxylic acids is 1. The second kappa shape index (κ2) is 5.57. The summed E-state index contributed by atoms with van der Waals surface area (Å²) in [6.45, 7) is 2.42. The number of aliphatic carboxylic acids is 1. The minimum absolute atomic E-state index is 0.105. The van der Waals surface area contributed by atoms with Gasteiger partial charge in [-0.3, -0.25) is 4.79 Å². The van der Waals surface area contributed by atoms with Crippen molar-refractivity contribution in [2.75, 3.05) is 19.6 Å². The average molecular weight is 286 g/mol. The van der Waals surface area contributed by atoms with Crippen LogP contribution in [0.25, 0.3) is 0 Å². The van der Waals surface area contributed by atoms with Crippen LogP contribution in [0.4, 0.5) is 4.79 Å². The molecule has 4 N–H and O–H groups in total. The number of carbonyl (C=O) groups is 2. The molecule has 0 aromatic rings. The van der Waals surface area contributed by atoms with Gasteiger partial charge in [0.15, 0.2) is 0 Å². The number of fused-ring (bicyclic) bond motifs is 1. The largest absolute Gasteiger partial charge is 0.481 e. The molecule has 2 aliphatic rings. The van der Waals surface area contributed by atoms with Crippen LogP contribution in [0.2, 0.25) is 0 Å². The Morgan fingerprint density at radius 2 is 2.05 bits per heavy atom. The molecule has 0 bridgehead atoms. The van der Waals surface area contributed by atoms with E-state index in [1.807, 2.05) is 0 Å². The van der Waals surface area contributed by atoms with E-state index >= 15 is 0 Å². The molecule has 7 heteroatoms. The summed E-state index contributed by atoms with van der Waals surface area (Å²) in [5.74, 6) is -0.598. The zero-order chi connectivity index (χ0) is 14.9. The Morgan fingerprint density at radius 1 is 1.35 bits per heavy atom. The van der Waals surface area contributed by atoms with Gasteiger partial charge in [0.2, 0.25) is 0 Å². The molecule has 0 radical (unpaired) electrons. The molecule has 0 aromatic heterocycles. The first-order valence-corrected chi connectivity index (χ1v) is 6.93. The van der Waals surface area contributed by atoms with Gasteiger partial charge in [-0.15, -0.1) is 0 Å². The Balaban J connectivity index is 1.80. The molecule has 1 saturated carbocycles. The normalized spacial score (nSPS) is 31.8. The molecular formula is C13H22N2O5. The van der Waals surface area contributed by atoms with Crippen molar-refractivity contribution in [1.29, 1.82) is 0 Å². The summed E-state index contributed by atoms with van der Waals surface area (Å²) >= 11 is 0. The molecule has 0 aromatic carbocycles.